The van der Waals surface area contributed by atoms with Gasteiger partial charge in [0.25, 0.3) is 0 Å². The van der Waals surface area contributed by atoms with Crippen molar-refractivity contribution in [2.24, 2.45) is 0 Å². The van der Waals surface area contributed by atoms with Crippen LogP contribution in [0.5, 0.6) is 0 Å². The van der Waals surface area contributed by atoms with Crippen LogP contribution in [0.1, 0.15) is 45.4 Å². The molecule has 2 heterocycles. The first kappa shape index (κ1) is 17.8. The minimum absolute atomic E-state index is 0.338. The summed E-state index contributed by atoms with van der Waals surface area (Å²) in [5.74, 6) is 0. The molecule has 3 nitrogen and oxygen atoms in total. The van der Waals surface area contributed by atoms with Gasteiger partial charge in [-0.2, -0.15) is 0 Å². The van der Waals surface area contributed by atoms with Crippen LogP contribution in [0.15, 0.2) is 54.6 Å². The number of nitrogens with zero attached hydrogens (tertiary/aromatic N) is 1. The second-order valence-corrected chi connectivity index (χ2v) is 8.84. The lowest BCUT2D eigenvalue weighted by Crippen LogP contribution is -2.41. The number of aromatic nitrogens is 1. The molecule has 0 saturated carbocycles. The van der Waals surface area contributed by atoms with Crippen molar-refractivity contribution < 1.29 is 9.31 Å². The van der Waals surface area contributed by atoms with E-state index >= 15 is 0 Å². The van der Waals surface area contributed by atoms with Crippen molar-refractivity contribution in [2.75, 3.05) is 0 Å². The Morgan fingerprint density at radius 1 is 0.929 bits per heavy atom. The van der Waals surface area contributed by atoms with Gasteiger partial charge in [0, 0.05) is 16.8 Å². The lowest BCUT2D eigenvalue weighted by atomic mass is 9.79. The van der Waals surface area contributed by atoms with Crippen molar-refractivity contribution in [2.45, 2.75) is 51.7 Å². The quantitative estimate of drug-likeness (QED) is 0.599. The molecule has 2 aliphatic rings. The second kappa shape index (κ2) is 6.10. The van der Waals surface area contributed by atoms with Crippen molar-refractivity contribution in [3.05, 3.63) is 65.9 Å². The van der Waals surface area contributed by atoms with E-state index in [-0.39, 0.29) is 18.3 Å². The Hall–Kier alpha value is -2.30. The zero-order chi connectivity index (χ0) is 19.5. The number of aryl methyl sites for hydroxylation is 1. The maximum Gasteiger partial charge on any atom is 0.494 e. The predicted molar refractivity (Wildman–Crippen MR) is 116 cm³/mol. The Labute approximate surface area is 167 Å². The standard InChI is InChI=1S/C24H26BNO2/c1-23(2)24(3,4)28-25(27-23)17-10-9-11-18(16-17)26-21-14-7-5-12-19(21)20-13-6-8-15-22(20)26/h5,7-12,14-16H,6,13H2,1-4H3. The van der Waals surface area contributed by atoms with Gasteiger partial charge in [-0.05, 0) is 75.8 Å². The Morgan fingerprint density at radius 3 is 2.46 bits per heavy atom. The molecule has 1 aliphatic carbocycles. The average molecular weight is 371 g/mol. The van der Waals surface area contributed by atoms with E-state index in [0.717, 1.165) is 24.0 Å². The van der Waals surface area contributed by atoms with Crippen molar-refractivity contribution in [3.63, 3.8) is 0 Å². The van der Waals surface area contributed by atoms with Gasteiger partial charge in [0.15, 0.2) is 0 Å². The van der Waals surface area contributed by atoms with Crippen LogP contribution >= 0.6 is 0 Å². The van der Waals surface area contributed by atoms with E-state index < -0.39 is 0 Å². The third kappa shape index (κ3) is 2.59. The second-order valence-electron chi connectivity index (χ2n) is 8.84. The van der Waals surface area contributed by atoms with Crippen molar-refractivity contribution in [1.82, 2.24) is 4.57 Å². The molecule has 2 aromatic carbocycles. The molecule has 0 radical (unpaired) electrons. The van der Waals surface area contributed by atoms with Crippen LogP contribution < -0.4 is 5.46 Å². The van der Waals surface area contributed by atoms with Crippen LogP contribution in [-0.2, 0) is 15.7 Å². The average Bonchev–Trinajstić information content (AvgIpc) is 3.12. The highest BCUT2D eigenvalue weighted by molar-refractivity contribution is 6.62. The molecule has 1 saturated heterocycles. The van der Waals surface area contributed by atoms with Gasteiger partial charge in [0.05, 0.1) is 16.7 Å². The molecule has 0 amide bonds. The van der Waals surface area contributed by atoms with Gasteiger partial charge in [-0.3, -0.25) is 0 Å². The first-order chi connectivity index (χ1) is 13.4. The van der Waals surface area contributed by atoms with E-state index in [2.05, 4.69) is 92.9 Å². The van der Waals surface area contributed by atoms with E-state index in [1.807, 2.05) is 0 Å². The number of para-hydroxylation sites is 1. The summed E-state index contributed by atoms with van der Waals surface area (Å²) >= 11 is 0. The Kier molecular flexibility index (Phi) is 3.87. The molecule has 28 heavy (non-hydrogen) atoms. The predicted octanol–water partition coefficient (Wildman–Crippen LogP) is 4.89. The molecule has 0 bridgehead atoms. The lowest BCUT2D eigenvalue weighted by molar-refractivity contribution is 0.00578. The molecule has 0 spiro atoms. The Balaban J connectivity index is 1.64. The Bertz CT molecular complexity index is 1080. The fraction of sp³-hybridized carbons (Fsp3) is 0.333. The highest BCUT2D eigenvalue weighted by Crippen LogP contribution is 2.37. The molecule has 0 atom stereocenters. The summed E-state index contributed by atoms with van der Waals surface area (Å²) in [6.07, 6.45) is 6.74. The molecule has 1 fully saturated rings. The molecular formula is C24H26BNO2. The summed E-state index contributed by atoms with van der Waals surface area (Å²) < 4.78 is 14.9. The van der Waals surface area contributed by atoms with Gasteiger partial charge in [0.2, 0.25) is 0 Å². The van der Waals surface area contributed by atoms with E-state index in [9.17, 15) is 0 Å². The van der Waals surface area contributed by atoms with Crippen LogP contribution in [0.4, 0.5) is 0 Å². The van der Waals surface area contributed by atoms with Gasteiger partial charge in [0.1, 0.15) is 0 Å². The van der Waals surface area contributed by atoms with Gasteiger partial charge >= 0.3 is 7.12 Å². The lowest BCUT2D eigenvalue weighted by Gasteiger charge is -2.32. The monoisotopic (exact) mass is 371 g/mol. The number of benzene rings is 2. The number of hydrogen-bond donors (Lipinski definition) is 0. The molecule has 5 rings (SSSR count). The Morgan fingerprint density at radius 2 is 1.68 bits per heavy atom. The van der Waals surface area contributed by atoms with E-state index in [4.69, 9.17) is 9.31 Å². The summed E-state index contributed by atoms with van der Waals surface area (Å²) in [4.78, 5) is 0. The summed E-state index contributed by atoms with van der Waals surface area (Å²) in [5, 5.41) is 1.35. The summed E-state index contributed by atoms with van der Waals surface area (Å²) in [5.41, 5.74) is 5.52. The van der Waals surface area contributed by atoms with Crippen LogP contribution in [-0.4, -0.2) is 22.9 Å². The van der Waals surface area contributed by atoms with Crippen LogP contribution in [0.2, 0.25) is 0 Å². The fourth-order valence-electron chi connectivity index (χ4n) is 4.25. The first-order valence-corrected chi connectivity index (χ1v) is 10.1. The SMILES string of the molecule is CC1(C)OB(c2cccc(-n3c4c(c5ccccc53)CCC=C4)c2)OC1(C)C. The van der Waals surface area contributed by atoms with E-state index in [1.165, 1.54) is 22.2 Å². The number of hydrogen-bond acceptors (Lipinski definition) is 2. The third-order valence-corrected chi connectivity index (χ3v) is 6.51. The molecule has 1 aliphatic heterocycles. The number of allylic oxidation sites excluding steroid dienone is 1. The molecule has 142 valence electrons. The van der Waals surface area contributed by atoms with Crippen LogP contribution in [0.25, 0.3) is 22.7 Å². The molecular weight excluding hydrogens is 345 g/mol. The smallest absolute Gasteiger partial charge is 0.399 e. The van der Waals surface area contributed by atoms with E-state index in [1.54, 1.807) is 0 Å². The number of fused-ring (bicyclic) bond motifs is 3. The van der Waals surface area contributed by atoms with Crippen molar-refractivity contribution in [3.8, 4) is 5.69 Å². The van der Waals surface area contributed by atoms with Crippen molar-refractivity contribution in [1.29, 1.82) is 0 Å². The topological polar surface area (TPSA) is 23.4 Å². The van der Waals surface area contributed by atoms with Gasteiger partial charge in [-0.1, -0.05) is 36.4 Å². The largest absolute Gasteiger partial charge is 0.494 e. The first-order valence-electron chi connectivity index (χ1n) is 10.1. The molecule has 4 heteroatoms. The van der Waals surface area contributed by atoms with Crippen LogP contribution in [0, 0.1) is 0 Å². The van der Waals surface area contributed by atoms with Gasteiger partial charge in [-0.15, -0.1) is 0 Å². The molecule has 3 aromatic rings. The van der Waals surface area contributed by atoms with Gasteiger partial charge in [-0.25, -0.2) is 0 Å². The highest BCUT2D eigenvalue weighted by atomic mass is 16.7. The minimum atomic E-state index is -0.349. The highest BCUT2D eigenvalue weighted by Gasteiger charge is 2.51. The zero-order valence-corrected chi connectivity index (χ0v) is 17.0. The molecule has 1 aromatic heterocycles. The minimum Gasteiger partial charge on any atom is -0.399 e. The zero-order valence-electron chi connectivity index (χ0n) is 17.0. The van der Waals surface area contributed by atoms with E-state index in [0.29, 0.717) is 0 Å². The summed E-state index contributed by atoms with van der Waals surface area (Å²) in [6.45, 7) is 8.38. The normalized spacial score (nSPS) is 19.9. The fourth-order valence-corrected chi connectivity index (χ4v) is 4.25. The van der Waals surface area contributed by atoms with Crippen molar-refractivity contribution >= 4 is 29.6 Å². The molecule has 0 N–H and O–H groups in total. The van der Waals surface area contributed by atoms with Crippen LogP contribution in [0.3, 0.4) is 0 Å². The third-order valence-electron chi connectivity index (χ3n) is 6.51. The summed E-state index contributed by atoms with van der Waals surface area (Å²) in [6, 6.07) is 17.3. The number of rotatable bonds is 2. The molecule has 0 unspecified atom stereocenters. The summed E-state index contributed by atoms with van der Waals surface area (Å²) in [7, 11) is -0.349. The van der Waals surface area contributed by atoms with Gasteiger partial charge < -0.3 is 13.9 Å². The maximum atomic E-state index is 6.28. The maximum absolute atomic E-state index is 6.28.